The summed E-state index contributed by atoms with van der Waals surface area (Å²) in [6, 6.07) is 0. The highest BCUT2D eigenvalue weighted by Gasteiger charge is 1.89. The first-order chi connectivity index (χ1) is 4.52. The Hall–Kier alpha value is -1.32. The van der Waals surface area contributed by atoms with Crippen LogP contribution in [0.15, 0.2) is 16.8 Å². The van der Waals surface area contributed by atoms with E-state index in [-0.39, 0.29) is 17.5 Å². The maximum Gasteiger partial charge on any atom is 0.244 e. The molecule has 0 saturated heterocycles. The first-order valence-corrected chi connectivity index (χ1v) is 2.74. The summed E-state index contributed by atoms with van der Waals surface area (Å²) in [6.07, 6.45) is 1.21. The van der Waals surface area contributed by atoms with E-state index < -0.39 is 0 Å². The Morgan fingerprint density at radius 3 is 2.40 bits per heavy atom. The van der Waals surface area contributed by atoms with E-state index >= 15 is 0 Å². The van der Waals surface area contributed by atoms with Crippen molar-refractivity contribution in [3.63, 3.8) is 0 Å². The Morgan fingerprint density at radius 1 is 1.60 bits per heavy atom. The number of aliphatic hydroxyl groups is 1. The van der Waals surface area contributed by atoms with E-state index in [0.717, 1.165) is 0 Å². The second kappa shape index (κ2) is 3.66. The molecule has 0 fully saturated rings. The molecule has 0 aliphatic rings. The standard InChI is InChI=1S/C6H10N2O2/c1-4(9)3-6(7)8-5(2)10/h3,9H,1-2H3,(H2,7,8,10)/b4-3+. The summed E-state index contributed by atoms with van der Waals surface area (Å²) < 4.78 is 0. The van der Waals surface area contributed by atoms with Gasteiger partial charge in [0.05, 0.1) is 5.76 Å². The number of nitrogens with two attached hydrogens (primary N) is 1. The summed E-state index contributed by atoms with van der Waals surface area (Å²) in [7, 11) is 0. The molecular weight excluding hydrogens is 132 g/mol. The lowest BCUT2D eigenvalue weighted by atomic mass is 10.4. The van der Waals surface area contributed by atoms with Gasteiger partial charge in [0, 0.05) is 13.0 Å². The van der Waals surface area contributed by atoms with Crippen LogP contribution >= 0.6 is 0 Å². The van der Waals surface area contributed by atoms with E-state index in [1.807, 2.05) is 0 Å². The topological polar surface area (TPSA) is 75.7 Å². The van der Waals surface area contributed by atoms with Crippen molar-refractivity contribution < 1.29 is 9.90 Å². The molecule has 3 N–H and O–H groups in total. The van der Waals surface area contributed by atoms with Gasteiger partial charge in [0.2, 0.25) is 5.91 Å². The second-order valence-corrected chi connectivity index (χ2v) is 1.84. The van der Waals surface area contributed by atoms with Crippen molar-refractivity contribution >= 4 is 11.7 Å². The van der Waals surface area contributed by atoms with Crippen LogP contribution in [0.2, 0.25) is 0 Å². The molecule has 0 aromatic rings. The summed E-state index contributed by atoms with van der Waals surface area (Å²) >= 11 is 0. The smallest absolute Gasteiger partial charge is 0.244 e. The van der Waals surface area contributed by atoms with Crippen LogP contribution < -0.4 is 5.73 Å². The van der Waals surface area contributed by atoms with Gasteiger partial charge >= 0.3 is 0 Å². The number of allylic oxidation sites excluding steroid dienone is 1. The van der Waals surface area contributed by atoms with Gasteiger partial charge in [-0.2, -0.15) is 4.99 Å². The lowest BCUT2D eigenvalue weighted by Crippen LogP contribution is -2.10. The predicted molar refractivity (Wildman–Crippen MR) is 38.7 cm³/mol. The third-order valence-corrected chi connectivity index (χ3v) is 0.643. The van der Waals surface area contributed by atoms with Crippen LogP contribution in [0.4, 0.5) is 0 Å². The molecule has 0 aromatic carbocycles. The van der Waals surface area contributed by atoms with E-state index in [0.29, 0.717) is 0 Å². The molecule has 0 unspecified atom stereocenters. The first-order valence-electron chi connectivity index (χ1n) is 2.74. The highest BCUT2D eigenvalue weighted by Crippen LogP contribution is 1.83. The van der Waals surface area contributed by atoms with Gasteiger partial charge in [-0.1, -0.05) is 0 Å². The molecule has 0 rings (SSSR count). The fraction of sp³-hybridized carbons (Fsp3) is 0.333. The van der Waals surface area contributed by atoms with Crippen LogP contribution in [0, 0.1) is 0 Å². The highest BCUT2D eigenvalue weighted by molar-refractivity contribution is 5.99. The van der Waals surface area contributed by atoms with Crippen LogP contribution in [-0.4, -0.2) is 16.8 Å². The number of carbonyl (C=O) groups excluding carboxylic acids is 1. The Morgan fingerprint density at radius 2 is 2.10 bits per heavy atom. The van der Waals surface area contributed by atoms with E-state index in [2.05, 4.69) is 4.99 Å². The maximum atomic E-state index is 10.3. The fourth-order valence-electron chi connectivity index (χ4n) is 0.428. The number of hydrogen-bond acceptors (Lipinski definition) is 2. The van der Waals surface area contributed by atoms with Crippen molar-refractivity contribution in [1.29, 1.82) is 0 Å². The average molecular weight is 142 g/mol. The third kappa shape index (κ3) is 4.83. The van der Waals surface area contributed by atoms with Crippen molar-refractivity contribution in [2.75, 3.05) is 0 Å². The number of amides is 1. The van der Waals surface area contributed by atoms with Crippen molar-refractivity contribution in [3.8, 4) is 0 Å². The van der Waals surface area contributed by atoms with E-state index in [1.165, 1.54) is 19.9 Å². The minimum atomic E-state index is -0.380. The van der Waals surface area contributed by atoms with Crippen LogP contribution in [0.1, 0.15) is 13.8 Å². The molecular formula is C6H10N2O2. The van der Waals surface area contributed by atoms with Crippen LogP contribution in [0.3, 0.4) is 0 Å². The van der Waals surface area contributed by atoms with Gasteiger partial charge in [-0.3, -0.25) is 4.79 Å². The number of aliphatic imine (C=N–C) groups is 1. The quantitative estimate of drug-likeness (QED) is 0.315. The summed E-state index contributed by atoms with van der Waals surface area (Å²) in [5.41, 5.74) is 5.17. The number of aliphatic hydroxyl groups excluding tert-OH is 1. The first kappa shape index (κ1) is 8.68. The third-order valence-electron chi connectivity index (χ3n) is 0.643. The zero-order chi connectivity index (χ0) is 8.15. The lowest BCUT2D eigenvalue weighted by Gasteiger charge is -1.89. The second-order valence-electron chi connectivity index (χ2n) is 1.84. The van der Waals surface area contributed by atoms with Crippen LogP contribution in [0.5, 0.6) is 0 Å². The van der Waals surface area contributed by atoms with Crippen molar-refractivity contribution in [1.82, 2.24) is 0 Å². The van der Waals surface area contributed by atoms with Gasteiger partial charge in [0.25, 0.3) is 0 Å². The molecule has 0 radical (unpaired) electrons. The largest absolute Gasteiger partial charge is 0.512 e. The summed E-state index contributed by atoms with van der Waals surface area (Å²) in [5, 5.41) is 8.62. The molecule has 0 aliphatic carbocycles. The Labute approximate surface area is 59.1 Å². The van der Waals surface area contributed by atoms with Gasteiger partial charge in [-0.25, -0.2) is 0 Å². The average Bonchev–Trinajstić information content (AvgIpc) is 1.58. The van der Waals surface area contributed by atoms with Gasteiger partial charge < -0.3 is 10.8 Å². The van der Waals surface area contributed by atoms with E-state index in [4.69, 9.17) is 10.8 Å². The number of hydrogen-bond donors (Lipinski definition) is 2. The molecule has 4 nitrogen and oxygen atoms in total. The van der Waals surface area contributed by atoms with Gasteiger partial charge in [-0.15, -0.1) is 0 Å². The Kier molecular flexibility index (Phi) is 3.17. The Bertz CT molecular complexity index is 190. The molecule has 4 heteroatoms. The van der Waals surface area contributed by atoms with Gasteiger partial charge in [-0.05, 0) is 6.92 Å². The molecule has 0 heterocycles. The molecule has 0 atom stereocenters. The molecule has 0 aliphatic heterocycles. The fourth-order valence-corrected chi connectivity index (χ4v) is 0.428. The lowest BCUT2D eigenvalue weighted by molar-refractivity contribution is -0.115. The van der Waals surface area contributed by atoms with Crippen LogP contribution in [-0.2, 0) is 4.79 Å². The van der Waals surface area contributed by atoms with Crippen molar-refractivity contribution in [3.05, 3.63) is 11.8 Å². The van der Waals surface area contributed by atoms with E-state index in [9.17, 15) is 4.79 Å². The normalized spacial score (nSPS) is 13.4. The van der Waals surface area contributed by atoms with Crippen molar-refractivity contribution in [2.45, 2.75) is 13.8 Å². The maximum absolute atomic E-state index is 10.3. The monoisotopic (exact) mass is 142 g/mol. The number of rotatable bonds is 1. The van der Waals surface area contributed by atoms with Crippen LogP contribution in [0.25, 0.3) is 0 Å². The SMILES string of the molecule is CC(=O)N=C(N)/C=C(\C)O. The Balaban J connectivity index is 4.22. The molecule has 0 spiro atoms. The molecule has 0 bridgehead atoms. The van der Waals surface area contributed by atoms with Crippen molar-refractivity contribution in [2.24, 2.45) is 10.7 Å². The molecule has 0 aromatic heterocycles. The zero-order valence-electron chi connectivity index (χ0n) is 5.96. The minimum Gasteiger partial charge on any atom is -0.512 e. The summed E-state index contributed by atoms with van der Waals surface area (Å²) in [4.78, 5) is 13.6. The summed E-state index contributed by atoms with van der Waals surface area (Å²) in [6.45, 7) is 2.73. The van der Waals surface area contributed by atoms with Gasteiger partial charge in [0.1, 0.15) is 5.84 Å². The number of carbonyl (C=O) groups is 1. The highest BCUT2D eigenvalue weighted by atomic mass is 16.3. The number of nitrogens with zero attached hydrogens (tertiary/aromatic N) is 1. The predicted octanol–water partition coefficient (Wildman–Crippen LogP) is 0.352. The molecule has 1 amide bonds. The van der Waals surface area contributed by atoms with Gasteiger partial charge in [0.15, 0.2) is 0 Å². The summed E-state index contributed by atoms with van der Waals surface area (Å²) in [5.74, 6) is -0.329. The van der Waals surface area contributed by atoms with E-state index in [1.54, 1.807) is 0 Å². The molecule has 56 valence electrons. The molecule has 10 heavy (non-hydrogen) atoms. The zero-order valence-corrected chi connectivity index (χ0v) is 5.96. The molecule has 0 saturated carbocycles. The number of amidine groups is 1. The minimum absolute atomic E-state index is 0.0208.